The Bertz CT molecular complexity index is 1080. The highest BCUT2D eigenvalue weighted by Crippen LogP contribution is 2.43. The zero-order chi connectivity index (χ0) is 23.4. The van der Waals surface area contributed by atoms with Crippen LogP contribution in [0, 0.1) is 13.8 Å². The number of benzene rings is 1. The summed E-state index contributed by atoms with van der Waals surface area (Å²) >= 11 is 0. The van der Waals surface area contributed by atoms with Gasteiger partial charge in [-0.25, -0.2) is 4.79 Å². The van der Waals surface area contributed by atoms with E-state index in [0.29, 0.717) is 12.1 Å². The standard InChI is InChI=1S/C27H31N3O3/c1-18-7-5-13-28-25(18)23-9-4-10-24(26-19(2)8-6-14-29-26)30(23)16-21-12-11-20(27(32)33-3)15-22(21)17-31/h5-8,11-15,23-24,31H,4,9-10,16-17H2,1-3H3/t23-,24+. The third-order valence-electron chi connectivity index (χ3n) is 6.64. The molecule has 1 fully saturated rings. The number of likely N-dealkylation sites (tertiary alicyclic amines) is 1. The Morgan fingerprint density at radius 2 is 1.61 bits per heavy atom. The van der Waals surface area contributed by atoms with Crippen LogP contribution in [0.2, 0.25) is 0 Å². The molecule has 172 valence electrons. The van der Waals surface area contributed by atoms with Crippen LogP contribution in [0.15, 0.2) is 54.9 Å². The Morgan fingerprint density at radius 1 is 1.00 bits per heavy atom. The first kappa shape index (κ1) is 23.1. The second-order valence-corrected chi connectivity index (χ2v) is 8.68. The van der Waals surface area contributed by atoms with Gasteiger partial charge in [0.25, 0.3) is 0 Å². The number of rotatable bonds is 6. The second-order valence-electron chi connectivity index (χ2n) is 8.68. The fourth-order valence-corrected chi connectivity index (χ4v) is 4.92. The lowest BCUT2D eigenvalue weighted by molar-refractivity contribution is 0.0599. The first-order valence-electron chi connectivity index (χ1n) is 11.4. The number of ether oxygens (including phenoxy) is 1. The van der Waals surface area contributed by atoms with Crippen molar-refractivity contribution in [2.24, 2.45) is 0 Å². The molecule has 1 saturated heterocycles. The van der Waals surface area contributed by atoms with Crippen molar-refractivity contribution >= 4 is 5.97 Å². The molecule has 1 N–H and O–H groups in total. The molecule has 6 nitrogen and oxygen atoms in total. The van der Waals surface area contributed by atoms with Crippen LogP contribution in [0.25, 0.3) is 0 Å². The van der Waals surface area contributed by atoms with E-state index < -0.39 is 5.97 Å². The van der Waals surface area contributed by atoms with Gasteiger partial charge in [0.05, 0.1) is 42.8 Å². The number of nitrogens with zero attached hydrogens (tertiary/aromatic N) is 3. The van der Waals surface area contributed by atoms with Crippen LogP contribution >= 0.6 is 0 Å². The zero-order valence-electron chi connectivity index (χ0n) is 19.5. The molecule has 0 saturated carbocycles. The number of aromatic nitrogens is 2. The summed E-state index contributed by atoms with van der Waals surface area (Å²) < 4.78 is 4.85. The second kappa shape index (κ2) is 10.2. The van der Waals surface area contributed by atoms with E-state index in [0.717, 1.165) is 41.8 Å². The maximum Gasteiger partial charge on any atom is 0.337 e. The summed E-state index contributed by atoms with van der Waals surface area (Å²) in [6.45, 7) is 4.70. The molecular formula is C27H31N3O3. The number of carbonyl (C=O) groups is 1. The summed E-state index contributed by atoms with van der Waals surface area (Å²) in [5, 5.41) is 10.1. The summed E-state index contributed by atoms with van der Waals surface area (Å²) in [4.78, 5) is 24.0. The maximum atomic E-state index is 12.0. The van der Waals surface area contributed by atoms with Gasteiger partial charge in [0.2, 0.25) is 0 Å². The predicted octanol–water partition coefficient (Wildman–Crippen LogP) is 4.84. The molecule has 0 bridgehead atoms. The van der Waals surface area contributed by atoms with Gasteiger partial charge in [-0.2, -0.15) is 0 Å². The molecule has 6 heteroatoms. The van der Waals surface area contributed by atoms with Gasteiger partial charge in [-0.3, -0.25) is 14.9 Å². The highest BCUT2D eigenvalue weighted by atomic mass is 16.5. The van der Waals surface area contributed by atoms with Crippen LogP contribution in [0.3, 0.4) is 0 Å². The van der Waals surface area contributed by atoms with Crippen molar-refractivity contribution in [3.63, 3.8) is 0 Å². The summed E-state index contributed by atoms with van der Waals surface area (Å²) in [5.41, 5.74) is 6.70. The molecule has 3 heterocycles. The van der Waals surface area contributed by atoms with E-state index in [1.165, 1.54) is 18.2 Å². The van der Waals surface area contributed by atoms with Crippen molar-refractivity contribution < 1.29 is 14.6 Å². The van der Waals surface area contributed by atoms with Gasteiger partial charge in [0, 0.05) is 18.9 Å². The number of methoxy groups -OCH3 is 1. The molecule has 0 unspecified atom stereocenters. The molecule has 2 atom stereocenters. The van der Waals surface area contributed by atoms with Crippen LogP contribution in [0.4, 0.5) is 0 Å². The van der Waals surface area contributed by atoms with E-state index in [2.05, 4.69) is 30.9 Å². The van der Waals surface area contributed by atoms with E-state index in [1.54, 1.807) is 12.1 Å². The Morgan fingerprint density at radius 3 is 2.12 bits per heavy atom. The minimum atomic E-state index is -0.404. The van der Waals surface area contributed by atoms with Crippen molar-refractivity contribution in [2.45, 2.75) is 58.3 Å². The number of aliphatic hydroxyl groups excluding tert-OH is 1. The molecule has 3 aromatic rings. The normalized spacial score (nSPS) is 18.8. The van der Waals surface area contributed by atoms with Crippen LogP contribution in [0.5, 0.6) is 0 Å². The lowest BCUT2D eigenvalue weighted by Gasteiger charge is -2.43. The van der Waals surface area contributed by atoms with E-state index in [9.17, 15) is 9.90 Å². The fourth-order valence-electron chi connectivity index (χ4n) is 4.92. The molecular weight excluding hydrogens is 414 g/mol. The summed E-state index contributed by atoms with van der Waals surface area (Å²) in [7, 11) is 1.36. The van der Waals surface area contributed by atoms with E-state index in [-0.39, 0.29) is 18.7 Å². The molecule has 1 aliphatic heterocycles. The Labute approximate surface area is 195 Å². The molecule has 1 aromatic carbocycles. The topological polar surface area (TPSA) is 75.5 Å². The smallest absolute Gasteiger partial charge is 0.337 e. The number of piperidine rings is 1. The Kier molecular flexibility index (Phi) is 7.16. The summed E-state index contributed by atoms with van der Waals surface area (Å²) in [6.07, 6.45) is 6.83. The average Bonchev–Trinajstić information content (AvgIpc) is 2.85. The SMILES string of the molecule is COC(=O)c1ccc(CN2[C@@H](c3ncccc3C)CCC[C@H]2c2ncccc2C)c(CO)c1. The van der Waals surface area contributed by atoms with Crippen molar-refractivity contribution in [1.29, 1.82) is 0 Å². The third-order valence-corrected chi connectivity index (χ3v) is 6.64. The molecule has 33 heavy (non-hydrogen) atoms. The Balaban J connectivity index is 1.77. The van der Waals surface area contributed by atoms with Crippen molar-refractivity contribution in [1.82, 2.24) is 14.9 Å². The lowest BCUT2D eigenvalue weighted by atomic mass is 9.88. The van der Waals surface area contributed by atoms with Gasteiger partial charge in [-0.1, -0.05) is 18.2 Å². The summed E-state index contributed by atoms with van der Waals surface area (Å²) in [6, 6.07) is 13.9. The first-order valence-corrected chi connectivity index (χ1v) is 11.4. The number of esters is 1. The van der Waals surface area contributed by atoms with E-state index >= 15 is 0 Å². The van der Waals surface area contributed by atoms with Crippen molar-refractivity contribution in [2.75, 3.05) is 7.11 Å². The van der Waals surface area contributed by atoms with Gasteiger partial charge in [-0.15, -0.1) is 0 Å². The number of carbonyl (C=O) groups excluding carboxylic acids is 1. The summed E-state index contributed by atoms with van der Waals surface area (Å²) in [5.74, 6) is -0.404. The molecule has 1 aliphatic rings. The minimum Gasteiger partial charge on any atom is -0.465 e. The van der Waals surface area contributed by atoms with Crippen molar-refractivity contribution in [3.05, 3.63) is 94.1 Å². The molecule has 0 radical (unpaired) electrons. The van der Waals surface area contributed by atoms with Crippen LogP contribution < -0.4 is 0 Å². The van der Waals surface area contributed by atoms with E-state index in [4.69, 9.17) is 14.7 Å². The molecule has 2 aromatic heterocycles. The Hall–Kier alpha value is -3.09. The monoisotopic (exact) mass is 445 g/mol. The number of pyridine rings is 2. The number of hydrogen-bond acceptors (Lipinski definition) is 6. The fraction of sp³-hybridized carbons (Fsp3) is 0.370. The van der Waals surface area contributed by atoms with Gasteiger partial charge in [0.1, 0.15) is 0 Å². The molecule has 0 spiro atoms. The van der Waals surface area contributed by atoms with Gasteiger partial charge in [0.15, 0.2) is 0 Å². The average molecular weight is 446 g/mol. The van der Waals surface area contributed by atoms with Gasteiger partial charge < -0.3 is 9.84 Å². The quantitative estimate of drug-likeness (QED) is 0.547. The van der Waals surface area contributed by atoms with Gasteiger partial charge in [-0.05, 0) is 79.6 Å². The zero-order valence-corrected chi connectivity index (χ0v) is 19.5. The molecule has 4 rings (SSSR count). The highest BCUT2D eigenvalue weighted by Gasteiger charge is 2.35. The number of aryl methyl sites for hydroxylation is 2. The molecule has 0 aliphatic carbocycles. The number of aliphatic hydroxyl groups is 1. The molecule has 0 amide bonds. The van der Waals surface area contributed by atoms with Crippen LogP contribution in [-0.4, -0.2) is 33.1 Å². The number of hydrogen-bond donors (Lipinski definition) is 1. The van der Waals surface area contributed by atoms with E-state index in [1.807, 2.05) is 30.6 Å². The van der Waals surface area contributed by atoms with Crippen LogP contribution in [-0.2, 0) is 17.9 Å². The first-order chi connectivity index (χ1) is 16.0. The highest BCUT2D eigenvalue weighted by molar-refractivity contribution is 5.89. The van der Waals surface area contributed by atoms with Crippen LogP contribution in [0.1, 0.15) is 75.3 Å². The van der Waals surface area contributed by atoms with Gasteiger partial charge >= 0.3 is 5.97 Å². The predicted molar refractivity (Wildman–Crippen MR) is 127 cm³/mol. The third kappa shape index (κ3) is 4.82. The largest absolute Gasteiger partial charge is 0.465 e. The lowest BCUT2D eigenvalue weighted by Crippen LogP contribution is -2.37. The maximum absolute atomic E-state index is 12.0. The minimum absolute atomic E-state index is 0.137. The van der Waals surface area contributed by atoms with Crippen molar-refractivity contribution in [3.8, 4) is 0 Å².